The second-order valence-corrected chi connectivity index (χ2v) is 3.73. The van der Waals surface area contributed by atoms with Crippen LogP contribution in [0.3, 0.4) is 0 Å². The number of carbonyl (C=O) groups excluding carboxylic acids is 1. The SMILES string of the molecule is CCCOc1ccc2cc(C=O)ccc2c1. The molecule has 0 unspecified atom stereocenters. The molecule has 2 aromatic rings. The lowest BCUT2D eigenvalue weighted by Gasteiger charge is -2.06. The van der Waals surface area contributed by atoms with E-state index >= 15 is 0 Å². The third kappa shape index (κ3) is 2.22. The van der Waals surface area contributed by atoms with E-state index in [9.17, 15) is 4.79 Å². The molecule has 0 bridgehead atoms. The Labute approximate surface area is 94.8 Å². The molecule has 2 heteroatoms. The summed E-state index contributed by atoms with van der Waals surface area (Å²) in [5, 5.41) is 2.16. The Morgan fingerprint density at radius 2 is 1.88 bits per heavy atom. The molecule has 0 aliphatic rings. The zero-order valence-electron chi connectivity index (χ0n) is 9.27. The van der Waals surface area contributed by atoms with Gasteiger partial charge in [0.15, 0.2) is 0 Å². The molecule has 0 N–H and O–H groups in total. The highest BCUT2D eigenvalue weighted by Crippen LogP contribution is 2.21. The molecule has 0 atom stereocenters. The largest absolute Gasteiger partial charge is 0.494 e. The van der Waals surface area contributed by atoms with Crippen LogP contribution in [0, 0.1) is 0 Å². The highest BCUT2D eigenvalue weighted by atomic mass is 16.5. The molecule has 82 valence electrons. The molecule has 16 heavy (non-hydrogen) atoms. The second kappa shape index (κ2) is 4.79. The standard InChI is InChI=1S/C14H14O2/c1-2-7-16-14-6-5-12-8-11(10-15)3-4-13(12)9-14/h3-6,8-10H,2,7H2,1H3. The van der Waals surface area contributed by atoms with Crippen molar-refractivity contribution in [3.05, 3.63) is 42.0 Å². The lowest BCUT2D eigenvalue weighted by molar-refractivity contribution is 0.112. The summed E-state index contributed by atoms with van der Waals surface area (Å²) >= 11 is 0. The van der Waals surface area contributed by atoms with Crippen LogP contribution in [0.1, 0.15) is 23.7 Å². The van der Waals surface area contributed by atoms with E-state index in [2.05, 4.69) is 6.92 Å². The second-order valence-electron chi connectivity index (χ2n) is 3.73. The number of aldehydes is 1. The van der Waals surface area contributed by atoms with Gasteiger partial charge in [-0.05, 0) is 35.4 Å². The molecule has 0 fully saturated rings. The van der Waals surface area contributed by atoms with Gasteiger partial charge < -0.3 is 4.74 Å². The molecule has 0 aromatic heterocycles. The van der Waals surface area contributed by atoms with Gasteiger partial charge in [0.1, 0.15) is 12.0 Å². The molecule has 0 aliphatic carbocycles. The summed E-state index contributed by atoms with van der Waals surface area (Å²) in [7, 11) is 0. The van der Waals surface area contributed by atoms with Crippen molar-refractivity contribution in [1.29, 1.82) is 0 Å². The summed E-state index contributed by atoms with van der Waals surface area (Å²) in [4.78, 5) is 10.6. The summed E-state index contributed by atoms with van der Waals surface area (Å²) in [5.41, 5.74) is 0.703. The molecule has 0 radical (unpaired) electrons. The van der Waals surface area contributed by atoms with Gasteiger partial charge in [-0.1, -0.05) is 25.1 Å². The highest BCUT2D eigenvalue weighted by molar-refractivity contribution is 5.89. The van der Waals surface area contributed by atoms with Crippen LogP contribution in [0.25, 0.3) is 10.8 Å². The Morgan fingerprint density at radius 3 is 2.62 bits per heavy atom. The molecule has 2 aromatic carbocycles. The number of benzene rings is 2. The van der Waals surface area contributed by atoms with E-state index < -0.39 is 0 Å². The van der Waals surface area contributed by atoms with Gasteiger partial charge in [-0.15, -0.1) is 0 Å². The fourth-order valence-corrected chi connectivity index (χ4v) is 1.63. The Bertz CT molecular complexity index is 503. The zero-order valence-corrected chi connectivity index (χ0v) is 9.27. The lowest BCUT2D eigenvalue weighted by Crippen LogP contribution is -1.94. The first kappa shape index (κ1) is 10.7. The fourth-order valence-electron chi connectivity index (χ4n) is 1.63. The van der Waals surface area contributed by atoms with Gasteiger partial charge in [-0.2, -0.15) is 0 Å². The molecule has 2 rings (SSSR count). The van der Waals surface area contributed by atoms with Crippen LogP contribution in [0.15, 0.2) is 36.4 Å². The summed E-state index contributed by atoms with van der Waals surface area (Å²) in [5.74, 6) is 0.883. The van der Waals surface area contributed by atoms with Gasteiger partial charge in [-0.25, -0.2) is 0 Å². The minimum Gasteiger partial charge on any atom is -0.494 e. The van der Waals surface area contributed by atoms with Gasteiger partial charge in [-0.3, -0.25) is 4.79 Å². The minimum atomic E-state index is 0.703. The third-order valence-electron chi connectivity index (χ3n) is 2.44. The summed E-state index contributed by atoms with van der Waals surface area (Å²) in [6.07, 6.45) is 1.86. The van der Waals surface area contributed by atoms with Crippen molar-refractivity contribution >= 4 is 17.1 Å². The van der Waals surface area contributed by atoms with Crippen molar-refractivity contribution in [2.45, 2.75) is 13.3 Å². The van der Waals surface area contributed by atoms with E-state index in [-0.39, 0.29) is 0 Å². The van der Waals surface area contributed by atoms with Gasteiger partial charge in [0.2, 0.25) is 0 Å². The number of rotatable bonds is 4. The van der Waals surface area contributed by atoms with Crippen molar-refractivity contribution in [2.24, 2.45) is 0 Å². The van der Waals surface area contributed by atoms with Crippen LogP contribution in [0.4, 0.5) is 0 Å². The van der Waals surface area contributed by atoms with E-state index in [0.717, 1.165) is 35.8 Å². The van der Waals surface area contributed by atoms with Crippen LogP contribution in [0.5, 0.6) is 5.75 Å². The van der Waals surface area contributed by atoms with E-state index in [4.69, 9.17) is 4.74 Å². The van der Waals surface area contributed by atoms with Gasteiger partial charge in [0.05, 0.1) is 6.61 Å². The molecule has 0 saturated heterocycles. The summed E-state index contributed by atoms with van der Waals surface area (Å²) < 4.78 is 5.55. The van der Waals surface area contributed by atoms with E-state index in [1.54, 1.807) is 0 Å². The molecule has 0 spiro atoms. The average Bonchev–Trinajstić information content (AvgIpc) is 2.35. The Kier molecular flexibility index (Phi) is 3.20. The quantitative estimate of drug-likeness (QED) is 0.729. The number of fused-ring (bicyclic) bond motifs is 1. The van der Waals surface area contributed by atoms with Gasteiger partial charge >= 0.3 is 0 Å². The minimum absolute atomic E-state index is 0.703. The molecule has 2 nitrogen and oxygen atoms in total. The first-order chi connectivity index (χ1) is 7.83. The predicted molar refractivity (Wildman–Crippen MR) is 65.1 cm³/mol. The van der Waals surface area contributed by atoms with E-state index in [1.807, 2.05) is 36.4 Å². The monoisotopic (exact) mass is 214 g/mol. The smallest absolute Gasteiger partial charge is 0.150 e. The fraction of sp³-hybridized carbons (Fsp3) is 0.214. The molecular weight excluding hydrogens is 200 g/mol. The predicted octanol–water partition coefficient (Wildman–Crippen LogP) is 3.44. The third-order valence-corrected chi connectivity index (χ3v) is 2.44. The molecule has 0 heterocycles. The summed E-state index contributed by atoms with van der Waals surface area (Å²) in [6, 6.07) is 11.6. The van der Waals surface area contributed by atoms with Gasteiger partial charge in [0, 0.05) is 5.56 Å². The maximum atomic E-state index is 10.6. The number of hydrogen-bond acceptors (Lipinski definition) is 2. The van der Waals surface area contributed by atoms with Crippen LogP contribution in [0.2, 0.25) is 0 Å². The Morgan fingerprint density at radius 1 is 1.12 bits per heavy atom. The number of hydrogen-bond donors (Lipinski definition) is 0. The number of ether oxygens (including phenoxy) is 1. The topological polar surface area (TPSA) is 26.3 Å². The Hall–Kier alpha value is -1.83. The first-order valence-electron chi connectivity index (χ1n) is 5.45. The van der Waals surface area contributed by atoms with Crippen LogP contribution in [-0.2, 0) is 0 Å². The molecule has 0 saturated carbocycles. The first-order valence-corrected chi connectivity index (χ1v) is 5.45. The zero-order chi connectivity index (χ0) is 11.4. The van der Waals surface area contributed by atoms with Crippen molar-refractivity contribution in [3.8, 4) is 5.75 Å². The van der Waals surface area contributed by atoms with Crippen LogP contribution in [-0.4, -0.2) is 12.9 Å². The maximum absolute atomic E-state index is 10.6. The van der Waals surface area contributed by atoms with Crippen LogP contribution >= 0.6 is 0 Å². The lowest BCUT2D eigenvalue weighted by atomic mass is 10.1. The Balaban J connectivity index is 2.35. The summed E-state index contributed by atoms with van der Waals surface area (Å²) in [6.45, 7) is 2.81. The maximum Gasteiger partial charge on any atom is 0.150 e. The normalized spacial score (nSPS) is 10.3. The van der Waals surface area contributed by atoms with E-state index in [0.29, 0.717) is 5.56 Å². The van der Waals surface area contributed by atoms with Gasteiger partial charge in [0.25, 0.3) is 0 Å². The van der Waals surface area contributed by atoms with Crippen LogP contribution < -0.4 is 4.74 Å². The van der Waals surface area contributed by atoms with E-state index in [1.165, 1.54) is 0 Å². The van der Waals surface area contributed by atoms with Crippen molar-refractivity contribution in [1.82, 2.24) is 0 Å². The van der Waals surface area contributed by atoms with Crippen molar-refractivity contribution in [3.63, 3.8) is 0 Å². The highest BCUT2D eigenvalue weighted by Gasteiger charge is 1.98. The molecule has 0 aliphatic heterocycles. The van der Waals surface area contributed by atoms with Crippen molar-refractivity contribution in [2.75, 3.05) is 6.61 Å². The average molecular weight is 214 g/mol. The number of carbonyl (C=O) groups is 1. The van der Waals surface area contributed by atoms with Crippen molar-refractivity contribution < 1.29 is 9.53 Å². The molecule has 0 amide bonds. The molecular formula is C14H14O2.